The molecular weight excluding hydrogens is 316 g/mol. The number of anilines is 1. The summed E-state index contributed by atoms with van der Waals surface area (Å²) in [6, 6.07) is 7.24. The highest BCUT2D eigenvalue weighted by Gasteiger charge is 2.27. The van der Waals surface area contributed by atoms with Gasteiger partial charge in [0.2, 0.25) is 0 Å². The van der Waals surface area contributed by atoms with Crippen molar-refractivity contribution in [2.75, 3.05) is 18.5 Å². The molecule has 6 nitrogen and oxygen atoms in total. The number of hydrogen-bond acceptors (Lipinski definition) is 3. The molecule has 0 spiro atoms. The second kappa shape index (κ2) is 8.55. The standard InChI is InChI=1S/C19H26N4O2/c1-2-3-14-25-17-8-6-16(7-9-17)22-19(24)21-11-13-23-12-10-20-18(23)15-4-5-15/h6-10,12,15H,2-5,11,13-14H2,1H3,(H2,21,22,24). The number of aromatic nitrogens is 2. The van der Waals surface area contributed by atoms with Gasteiger partial charge in [-0.25, -0.2) is 9.78 Å². The molecule has 2 amide bonds. The molecule has 1 fully saturated rings. The van der Waals surface area contributed by atoms with Gasteiger partial charge in [0.05, 0.1) is 6.61 Å². The van der Waals surface area contributed by atoms with E-state index in [4.69, 9.17) is 4.74 Å². The van der Waals surface area contributed by atoms with Gasteiger partial charge in [-0.05, 0) is 43.5 Å². The van der Waals surface area contributed by atoms with Gasteiger partial charge in [0.25, 0.3) is 0 Å². The topological polar surface area (TPSA) is 68.2 Å². The highest BCUT2D eigenvalue weighted by atomic mass is 16.5. The number of hydrogen-bond donors (Lipinski definition) is 2. The van der Waals surface area contributed by atoms with Gasteiger partial charge < -0.3 is 19.9 Å². The summed E-state index contributed by atoms with van der Waals surface area (Å²) < 4.78 is 7.74. The van der Waals surface area contributed by atoms with Crippen LogP contribution >= 0.6 is 0 Å². The summed E-state index contributed by atoms with van der Waals surface area (Å²) >= 11 is 0. The minimum atomic E-state index is -0.201. The normalized spacial score (nSPS) is 13.5. The number of benzene rings is 1. The van der Waals surface area contributed by atoms with E-state index in [9.17, 15) is 4.79 Å². The van der Waals surface area contributed by atoms with Crippen LogP contribution in [-0.2, 0) is 6.54 Å². The van der Waals surface area contributed by atoms with Gasteiger partial charge in [0, 0.05) is 37.1 Å². The highest BCUT2D eigenvalue weighted by Crippen LogP contribution is 2.38. The number of nitrogens with zero attached hydrogens (tertiary/aromatic N) is 2. The lowest BCUT2D eigenvalue weighted by atomic mass is 10.3. The van der Waals surface area contributed by atoms with Gasteiger partial charge in [-0.15, -0.1) is 0 Å². The Morgan fingerprint density at radius 1 is 1.32 bits per heavy atom. The fraction of sp³-hybridized carbons (Fsp3) is 0.474. The largest absolute Gasteiger partial charge is 0.494 e. The molecule has 1 saturated carbocycles. The molecule has 0 unspecified atom stereocenters. The van der Waals surface area contributed by atoms with E-state index in [1.807, 2.05) is 36.7 Å². The Morgan fingerprint density at radius 3 is 2.84 bits per heavy atom. The monoisotopic (exact) mass is 342 g/mol. The molecule has 1 aromatic carbocycles. The van der Waals surface area contributed by atoms with Gasteiger partial charge >= 0.3 is 6.03 Å². The minimum absolute atomic E-state index is 0.201. The molecule has 134 valence electrons. The van der Waals surface area contributed by atoms with Crippen molar-refractivity contribution in [1.82, 2.24) is 14.9 Å². The van der Waals surface area contributed by atoms with Crippen LogP contribution in [0.3, 0.4) is 0 Å². The second-order valence-electron chi connectivity index (χ2n) is 6.36. The third kappa shape index (κ3) is 5.24. The van der Waals surface area contributed by atoms with Crippen molar-refractivity contribution in [2.24, 2.45) is 0 Å². The Bertz CT molecular complexity index is 677. The van der Waals surface area contributed by atoms with E-state index >= 15 is 0 Å². The summed E-state index contributed by atoms with van der Waals surface area (Å²) in [5, 5.41) is 5.72. The molecule has 0 bridgehead atoms. The maximum Gasteiger partial charge on any atom is 0.319 e. The smallest absolute Gasteiger partial charge is 0.319 e. The lowest BCUT2D eigenvalue weighted by Crippen LogP contribution is -2.31. The zero-order valence-electron chi connectivity index (χ0n) is 14.7. The van der Waals surface area contributed by atoms with Crippen molar-refractivity contribution in [3.63, 3.8) is 0 Å². The maximum atomic E-state index is 12.0. The van der Waals surface area contributed by atoms with Crippen LogP contribution in [0, 0.1) is 0 Å². The Balaban J connectivity index is 1.39. The van der Waals surface area contributed by atoms with Crippen LogP contribution in [0.5, 0.6) is 5.75 Å². The minimum Gasteiger partial charge on any atom is -0.494 e. The van der Waals surface area contributed by atoms with Crippen molar-refractivity contribution in [1.29, 1.82) is 0 Å². The van der Waals surface area contributed by atoms with Crippen molar-refractivity contribution in [3.8, 4) is 5.75 Å². The van der Waals surface area contributed by atoms with Crippen LogP contribution in [0.15, 0.2) is 36.7 Å². The first-order valence-electron chi connectivity index (χ1n) is 9.05. The zero-order chi connectivity index (χ0) is 17.5. The molecule has 2 N–H and O–H groups in total. The SMILES string of the molecule is CCCCOc1ccc(NC(=O)NCCn2ccnc2C2CC2)cc1. The lowest BCUT2D eigenvalue weighted by Gasteiger charge is -2.10. The molecule has 25 heavy (non-hydrogen) atoms. The van der Waals surface area contributed by atoms with Crippen LogP contribution in [0.4, 0.5) is 10.5 Å². The summed E-state index contributed by atoms with van der Waals surface area (Å²) in [7, 11) is 0. The molecule has 3 rings (SSSR count). The molecule has 0 radical (unpaired) electrons. The van der Waals surface area contributed by atoms with E-state index in [0.29, 0.717) is 12.5 Å². The van der Waals surface area contributed by atoms with Crippen LogP contribution in [-0.4, -0.2) is 28.7 Å². The summed E-state index contributed by atoms with van der Waals surface area (Å²) in [6.45, 7) is 4.17. The van der Waals surface area contributed by atoms with Gasteiger partial charge in [0.1, 0.15) is 11.6 Å². The molecule has 0 saturated heterocycles. The van der Waals surface area contributed by atoms with E-state index in [1.165, 1.54) is 12.8 Å². The molecule has 1 aliphatic rings. The van der Waals surface area contributed by atoms with Crippen molar-refractivity contribution in [2.45, 2.75) is 45.1 Å². The van der Waals surface area contributed by atoms with Gasteiger partial charge in [0.15, 0.2) is 0 Å². The predicted molar refractivity (Wildman–Crippen MR) is 98.1 cm³/mol. The fourth-order valence-electron chi connectivity index (χ4n) is 2.65. The van der Waals surface area contributed by atoms with Gasteiger partial charge in [-0.2, -0.15) is 0 Å². The molecule has 1 heterocycles. The second-order valence-corrected chi connectivity index (χ2v) is 6.36. The first-order chi connectivity index (χ1) is 12.3. The summed E-state index contributed by atoms with van der Waals surface area (Å²) in [5.74, 6) is 2.58. The molecule has 0 atom stereocenters. The molecule has 1 aromatic heterocycles. The van der Waals surface area contributed by atoms with Crippen molar-refractivity contribution in [3.05, 3.63) is 42.5 Å². The van der Waals surface area contributed by atoms with Gasteiger partial charge in [-0.1, -0.05) is 13.3 Å². The highest BCUT2D eigenvalue weighted by molar-refractivity contribution is 5.89. The van der Waals surface area contributed by atoms with E-state index in [0.717, 1.165) is 43.3 Å². The average Bonchev–Trinajstić information content (AvgIpc) is 3.36. The van der Waals surface area contributed by atoms with Crippen molar-refractivity contribution >= 4 is 11.7 Å². The third-order valence-corrected chi connectivity index (χ3v) is 4.21. The Morgan fingerprint density at radius 2 is 2.12 bits per heavy atom. The molecule has 6 heteroatoms. The van der Waals surface area contributed by atoms with E-state index < -0.39 is 0 Å². The predicted octanol–water partition coefficient (Wildman–Crippen LogP) is 3.76. The number of amides is 2. The van der Waals surface area contributed by atoms with E-state index in [-0.39, 0.29) is 6.03 Å². The number of nitrogens with one attached hydrogen (secondary N) is 2. The molecular formula is C19H26N4O2. The Hall–Kier alpha value is -2.50. The molecule has 1 aliphatic carbocycles. The average molecular weight is 342 g/mol. The lowest BCUT2D eigenvalue weighted by molar-refractivity contribution is 0.251. The molecule has 2 aromatic rings. The number of rotatable bonds is 9. The number of carbonyl (C=O) groups excluding carboxylic acids is 1. The van der Waals surface area contributed by atoms with Crippen LogP contribution in [0.2, 0.25) is 0 Å². The van der Waals surface area contributed by atoms with Crippen LogP contribution < -0.4 is 15.4 Å². The summed E-state index contributed by atoms with van der Waals surface area (Å²) in [4.78, 5) is 16.4. The van der Waals surface area contributed by atoms with Crippen LogP contribution in [0.25, 0.3) is 0 Å². The third-order valence-electron chi connectivity index (χ3n) is 4.21. The maximum absolute atomic E-state index is 12.0. The first kappa shape index (κ1) is 17.3. The van der Waals surface area contributed by atoms with Gasteiger partial charge in [-0.3, -0.25) is 0 Å². The number of carbonyl (C=O) groups is 1. The number of ether oxygens (including phenoxy) is 1. The molecule has 0 aliphatic heterocycles. The summed E-state index contributed by atoms with van der Waals surface area (Å²) in [6.07, 6.45) is 8.41. The van der Waals surface area contributed by atoms with Crippen LogP contribution in [0.1, 0.15) is 44.3 Å². The Labute approximate surface area is 148 Å². The quantitative estimate of drug-likeness (QED) is 0.682. The number of urea groups is 1. The summed E-state index contributed by atoms with van der Waals surface area (Å²) in [5.41, 5.74) is 0.752. The fourth-order valence-corrected chi connectivity index (χ4v) is 2.65. The van der Waals surface area contributed by atoms with Crippen molar-refractivity contribution < 1.29 is 9.53 Å². The number of imidazole rings is 1. The first-order valence-corrected chi connectivity index (χ1v) is 9.05. The van der Waals surface area contributed by atoms with E-state index in [1.54, 1.807) is 0 Å². The number of unbranched alkanes of at least 4 members (excludes halogenated alkanes) is 1. The van der Waals surface area contributed by atoms with E-state index in [2.05, 4.69) is 27.1 Å². The zero-order valence-corrected chi connectivity index (χ0v) is 14.7. The Kier molecular flexibility index (Phi) is 5.93.